The van der Waals surface area contributed by atoms with Crippen LogP contribution in [0.4, 0.5) is 5.69 Å². The molecule has 54 valence electrons. The van der Waals surface area contributed by atoms with E-state index in [1.807, 2.05) is 30.3 Å². The summed E-state index contributed by atoms with van der Waals surface area (Å²) >= 11 is 0. The van der Waals surface area contributed by atoms with Gasteiger partial charge in [-0.2, -0.15) is 0 Å². The van der Waals surface area contributed by atoms with Crippen LogP contribution in [-0.4, -0.2) is 5.91 Å². The van der Waals surface area contributed by atoms with Gasteiger partial charge in [-0.05, 0) is 12.1 Å². The number of carbonyl (C=O) groups is 1. The van der Waals surface area contributed by atoms with Crippen molar-refractivity contribution in [1.82, 2.24) is 0 Å². The molecule has 0 heterocycles. The number of amides is 1. The molecule has 1 aromatic carbocycles. The van der Waals surface area contributed by atoms with Gasteiger partial charge in [0.25, 0.3) is 0 Å². The first-order valence-electron chi connectivity index (χ1n) is 3.11. The van der Waals surface area contributed by atoms with Gasteiger partial charge in [0.15, 0.2) is 0 Å². The molecule has 0 saturated carbocycles. The predicted molar refractivity (Wildman–Crippen MR) is 40.7 cm³/mol. The van der Waals surface area contributed by atoms with Crippen molar-refractivity contribution in [2.75, 3.05) is 5.32 Å². The summed E-state index contributed by atoms with van der Waals surface area (Å²) in [6, 6.07) is 9.37. The van der Waals surface area contributed by atoms with Crippen LogP contribution >= 0.6 is 0 Å². The maximum atomic E-state index is 10.5. The molecule has 0 radical (unpaired) electrons. The molecule has 0 aliphatic heterocycles. The van der Waals surface area contributed by atoms with Crippen LogP contribution in [0.5, 0.6) is 0 Å². The molecule has 0 bridgehead atoms. The van der Waals surface area contributed by atoms with Crippen LogP contribution in [0.15, 0.2) is 30.3 Å². The third kappa shape index (κ3) is 3.89. The number of hydrogen-bond donors (Lipinski definition) is 1. The van der Waals surface area contributed by atoms with E-state index < -0.39 is 0 Å². The maximum Gasteiger partial charge on any atom is 0.221 e. The Bertz CT molecular complexity index is 223. The average Bonchev–Trinajstić information content (AvgIpc) is 1.88. The summed E-state index contributed by atoms with van der Waals surface area (Å²) in [5, 5.41) is 2.67. The van der Waals surface area contributed by atoms with Crippen LogP contribution < -0.4 is 5.32 Å². The van der Waals surface area contributed by atoms with Crippen molar-refractivity contribution in [3.63, 3.8) is 0 Å². The van der Waals surface area contributed by atoms with Gasteiger partial charge in [-0.15, -0.1) is 0 Å². The predicted octanol–water partition coefficient (Wildman–Crippen LogP) is 1.64. The van der Waals surface area contributed by atoms with E-state index in [2.05, 4.69) is 5.32 Å². The fourth-order valence-electron chi connectivity index (χ4n) is 0.725. The first kappa shape index (κ1) is 10.3. The Balaban J connectivity index is 0.000001000. The topological polar surface area (TPSA) is 29.1 Å². The number of para-hydroxylation sites is 1. The molecule has 0 saturated heterocycles. The van der Waals surface area contributed by atoms with Crippen LogP contribution in [0.2, 0.25) is 0 Å². The molecule has 2 nitrogen and oxygen atoms in total. The Morgan fingerprint density at radius 3 is 2.27 bits per heavy atom. The largest absolute Gasteiger partial charge is 0.326 e. The number of carbonyl (C=O) groups excluding carboxylic acids is 1. The number of nitrogens with one attached hydrogen (secondary N) is 1. The molecule has 0 aliphatic carbocycles. The van der Waals surface area contributed by atoms with Gasteiger partial charge >= 0.3 is 0 Å². The molecular formula is C8H9NOZn. The van der Waals surface area contributed by atoms with Gasteiger partial charge in [0.2, 0.25) is 5.91 Å². The monoisotopic (exact) mass is 199 g/mol. The molecule has 0 aromatic heterocycles. The zero-order chi connectivity index (χ0) is 7.40. The van der Waals surface area contributed by atoms with Crippen molar-refractivity contribution in [2.45, 2.75) is 6.92 Å². The van der Waals surface area contributed by atoms with Crippen LogP contribution in [0, 0.1) is 0 Å². The summed E-state index contributed by atoms with van der Waals surface area (Å²) in [4.78, 5) is 10.5. The van der Waals surface area contributed by atoms with Crippen LogP contribution in [0.25, 0.3) is 0 Å². The number of anilines is 1. The van der Waals surface area contributed by atoms with Gasteiger partial charge < -0.3 is 5.32 Å². The van der Waals surface area contributed by atoms with E-state index in [1.165, 1.54) is 6.92 Å². The maximum absolute atomic E-state index is 10.5. The molecule has 3 heteroatoms. The van der Waals surface area contributed by atoms with Gasteiger partial charge in [0.05, 0.1) is 0 Å². The Labute approximate surface area is 78.8 Å². The summed E-state index contributed by atoms with van der Waals surface area (Å²) in [5.74, 6) is -0.0359. The fourth-order valence-corrected chi connectivity index (χ4v) is 0.725. The second-order valence-corrected chi connectivity index (χ2v) is 2.05. The quantitative estimate of drug-likeness (QED) is 0.686. The standard InChI is InChI=1S/C8H9NO.Zn/c1-7(10)9-8-5-3-2-4-6-8;/h2-6H,1H3,(H,9,10);. The normalized spacial score (nSPS) is 8.09. The summed E-state index contributed by atoms with van der Waals surface area (Å²) < 4.78 is 0. The van der Waals surface area contributed by atoms with Crippen molar-refractivity contribution in [1.29, 1.82) is 0 Å². The first-order chi connectivity index (χ1) is 4.79. The van der Waals surface area contributed by atoms with Crippen LogP contribution in [0.1, 0.15) is 6.92 Å². The number of benzene rings is 1. The van der Waals surface area contributed by atoms with Gasteiger partial charge in [-0.3, -0.25) is 4.79 Å². The number of rotatable bonds is 1. The minimum absolute atomic E-state index is 0. The second-order valence-electron chi connectivity index (χ2n) is 2.05. The smallest absolute Gasteiger partial charge is 0.221 e. The minimum Gasteiger partial charge on any atom is -0.326 e. The molecule has 11 heavy (non-hydrogen) atoms. The first-order valence-corrected chi connectivity index (χ1v) is 3.11. The zero-order valence-corrected chi connectivity index (χ0v) is 9.47. The molecule has 1 rings (SSSR count). The van der Waals surface area contributed by atoms with Crippen molar-refractivity contribution < 1.29 is 24.3 Å². The molecule has 0 unspecified atom stereocenters. The van der Waals surface area contributed by atoms with Gasteiger partial charge in [-0.1, -0.05) is 18.2 Å². The SMILES string of the molecule is CC(=O)Nc1ccccc1.[Zn]. The van der Waals surface area contributed by atoms with Gasteiger partial charge in [0.1, 0.15) is 0 Å². The Morgan fingerprint density at radius 2 is 1.82 bits per heavy atom. The summed E-state index contributed by atoms with van der Waals surface area (Å²) in [5.41, 5.74) is 0.843. The Morgan fingerprint density at radius 1 is 1.27 bits per heavy atom. The van der Waals surface area contributed by atoms with E-state index in [0.29, 0.717) is 0 Å². The molecule has 0 aliphatic rings. The van der Waals surface area contributed by atoms with E-state index in [9.17, 15) is 4.79 Å². The van der Waals surface area contributed by atoms with Crippen molar-refractivity contribution in [3.05, 3.63) is 30.3 Å². The third-order valence-corrected chi connectivity index (χ3v) is 1.09. The summed E-state index contributed by atoms with van der Waals surface area (Å²) in [7, 11) is 0. The Kier molecular flexibility index (Phi) is 4.72. The zero-order valence-electron chi connectivity index (χ0n) is 6.50. The summed E-state index contributed by atoms with van der Waals surface area (Å²) in [6.07, 6.45) is 0. The Hall–Kier alpha value is -0.687. The van der Waals surface area contributed by atoms with Gasteiger partial charge in [0, 0.05) is 32.1 Å². The van der Waals surface area contributed by atoms with Crippen molar-refractivity contribution in [3.8, 4) is 0 Å². The molecule has 1 amide bonds. The molecular weight excluding hydrogens is 191 g/mol. The van der Waals surface area contributed by atoms with E-state index in [1.54, 1.807) is 0 Å². The second kappa shape index (κ2) is 5.03. The fraction of sp³-hybridized carbons (Fsp3) is 0.125. The minimum atomic E-state index is -0.0359. The van der Waals surface area contributed by atoms with Crippen molar-refractivity contribution in [2.24, 2.45) is 0 Å². The van der Waals surface area contributed by atoms with Gasteiger partial charge in [-0.25, -0.2) is 0 Å². The average molecular weight is 201 g/mol. The van der Waals surface area contributed by atoms with Crippen molar-refractivity contribution >= 4 is 11.6 Å². The molecule has 0 atom stereocenters. The molecule has 1 N–H and O–H groups in total. The summed E-state index contributed by atoms with van der Waals surface area (Å²) in [6.45, 7) is 1.49. The molecule has 0 fully saturated rings. The van der Waals surface area contributed by atoms with Crippen LogP contribution in [-0.2, 0) is 24.3 Å². The van der Waals surface area contributed by atoms with E-state index >= 15 is 0 Å². The van der Waals surface area contributed by atoms with E-state index in [4.69, 9.17) is 0 Å². The van der Waals surface area contributed by atoms with E-state index in [0.717, 1.165) is 5.69 Å². The third-order valence-electron chi connectivity index (χ3n) is 1.09. The molecule has 0 spiro atoms. The molecule has 1 aromatic rings. The number of hydrogen-bond acceptors (Lipinski definition) is 1. The van der Waals surface area contributed by atoms with Crippen LogP contribution in [0.3, 0.4) is 0 Å². The van der Waals surface area contributed by atoms with E-state index in [-0.39, 0.29) is 25.4 Å².